The topological polar surface area (TPSA) is 41.1 Å². The van der Waals surface area contributed by atoms with Crippen LogP contribution in [0, 0.1) is 30.4 Å². The van der Waals surface area contributed by atoms with E-state index in [1.54, 1.807) is 0 Å². The molecule has 0 radical (unpaired) electrons. The number of allylic oxidation sites excluding steroid dienone is 3. The molecular formula is C32H40F2N2O. The van der Waals surface area contributed by atoms with Crippen molar-refractivity contribution in [3.8, 4) is 0 Å². The molecule has 5 heteroatoms. The van der Waals surface area contributed by atoms with Crippen LogP contribution in [-0.4, -0.2) is 25.5 Å². The van der Waals surface area contributed by atoms with Crippen molar-refractivity contribution in [2.24, 2.45) is 11.8 Å². The Morgan fingerprint density at radius 1 is 1.08 bits per heavy atom. The van der Waals surface area contributed by atoms with Crippen LogP contribution in [0.5, 0.6) is 0 Å². The zero-order valence-corrected chi connectivity index (χ0v) is 22.5. The summed E-state index contributed by atoms with van der Waals surface area (Å²) in [6, 6.07) is 10.5. The summed E-state index contributed by atoms with van der Waals surface area (Å²) in [6.45, 7) is 10.8. The average molecular weight is 507 g/mol. The SMILES string of the molecule is CC=CC(=C(CCNC(=O)C1CC1)C(C)C)c1ccc(C2CNCCC2c2cc(F)cc(F)c2)c(C)c1. The molecule has 1 saturated heterocycles. The van der Waals surface area contributed by atoms with Gasteiger partial charge in [-0.3, -0.25) is 4.79 Å². The van der Waals surface area contributed by atoms with Crippen LogP contribution in [0.25, 0.3) is 5.57 Å². The molecule has 0 bridgehead atoms. The highest BCUT2D eigenvalue weighted by atomic mass is 19.1. The molecule has 2 fully saturated rings. The van der Waals surface area contributed by atoms with Gasteiger partial charge in [-0.25, -0.2) is 8.78 Å². The monoisotopic (exact) mass is 506 g/mol. The van der Waals surface area contributed by atoms with E-state index in [1.165, 1.54) is 34.4 Å². The molecule has 2 N–H and O–H groups in total. The number of halogens is 2. The van der Waals surface area contributed by atoms with Gasteiger partial charge in [-0.05, 0) is 97.9 Å². The smallest absolute Gasteiger partial charge is 0.223 e. The van der Waals surface area contributed by atoms with E-state index >= 15 is 0 Å². The summed E-state index contributed by atoms with van der Waals surface area (Å²) in [4.78, 5) is 12.1. The maximum absolute atomic E-state index is 14.0. The normalized spacial score (nSPS) is 20.8. The van der Waals surface area contributed by atoms with E-state index in [9.17, 15) is 13.6 Å². The van der Waals surface area contributed by atoms with E-state index in [4.69, 9.17) is 0 Å². The molecule has 2 aliphatic rings. The summed E-state index contributed by atoms with van der Waals surface area (Å²) in [5, 5.41) is 6.60. The summed E-state index contributed by atoms with van der Waals surface area (Å²) in [5.74, 6) is -0.0876. The van der Waals surface area contributed by atoms with Crippen LogP contribution in [0.1, 0.15) is 80.5 Å². The quantitative estimate of drug-likeness (QED) is 0.358. The third kappa shape index (κ3) is 6.75. The van der Waals surface area contributed by atoms with Gasteiger partial charge in [0.15, 0.2) is 0 Å². The lowest BCUT2D eigenvalue weighted by atomic mass is 9.75. The van der Waals surface area contributed by atoms with Crippen molar-refractivity contribution in [2.75, 3.05) is 19.6 Å². The number of amides is 1. The minimum atomic E-state index is -0.518. The first kappa shape index (κ1) is 27.3. The molecule has 198 valence electrons. The third-order valence-electron chi connectivity index (χ3n) is 7.79. The van der Waals surface area contributed by atoms with Gasteiger partial charge < -0.3 is 10.6 Å². The molecule has 4 rings (SSSR count). The fourth-order valence-electron chi connectivity index (χ4n) is 5.73. The molecule has 37 heavy (non-hydrogen) atoms. The molecule has 1 saturated carbocycles. The fourth-order valence-corrected chi connectivity index (χ4v) is 5.73. The van der Waals surface area contributed by atoms with Crippen molar-refractivity contribution in [1.29, 1.82) is 0 Å². The van der Waals surface area contributed by atoms with Crippen LogP contribution < -0.4 is 10.6 Å². The summed E-state index contributed by atoms with van der Waals surface area (Å²) in [5.41, 5.74) is 6.83. The van der Waals surface area contributed by atoms with E-state index < -0.39 is 11.6 Å². The van der Waals surface area contributed by atoms with Gasteiger partial charge in [0.05, 0.1) is 0 Å². The van der Waals surface area contributed by atoms with Crippen molar-refractivity contribution in [3.05, 3.63) is 88.0 Å². The van der Waals surface area contributed by atoms with Crippen molar-refractivity contribution >= 4 is 11.5 Å². The minimum Gasteiger partial charge on any atom is -0.356 e. The van der Waals surface area contributed by atoms with Crippen molar-refractivity contribution in [3.63, 3.8) is 0 Å². The van der Waals surface area contributed by atoms with E-state index in [0.717, 1.165) is 56.0 Å². The molecular weight excluding hydrogens is 466 g/mol. The highest BCUT2D eigenvalue weighted by Crippen LogP contribution is 2.40. The molecule has 1 heterocycles. The Kier molecular flexibility index (Phi) is 8.96. The first-order valence-corrected chi connectivity index (χ1v) is 13.7. The number of carbonyl (C=O) groups is 1. The summed E-state index contributed by atoms with van der Waals surface area (Å²) in [6.07, 6.45) is 7.93. The van der Waals surface area contributed by atoms with Gasteiger partial charge in [-0.2, -0.15) is 0 Å². The summed E-state index contributed by atoms with van der Waals surface area (Å²) >= 11 is 0. The van der Waals surface area contributed by atoms with E-state index in [0.29, 0.717) is 12.5 Å². The van der Waals surface area contributed by atoms with E-state index in [2.05, 4.69) is 61.8 Å². The van der Waals surface area contributed by atoms with Crippen molar-refractivity contribution in [1.82, 2.24) is 10.6 Å². The number of hydrogen-bond acceptors (Lipinski definition) is 2. The molecule has 1 aliphatic carbocycles. The molecule has 1 amide bonds. The lowest BCUT2D eigenvalue weighted by Gasteiger charge is -2.34. The van der Waals surface area contributed by atoms with Gasteiger partial charge in [0.1, 0.15) is 11.6 Å². The number of carbonyl (C=O) groups excluding carboxylic acids is 1. The Morgan fingerprint density at radius 2 is 1.81 bits per heavy atom. The van der Waals surface area contributed by atoms with Gasteiger partial charge in [-0.15, -0.1) is 0 Å². The number of piperidine rings is 1. The number of hydrogen-bond donors (Lipinski definition) is 2. The Bertz CT molecular complexity index is 1160. The third-order valence-corrected chi connectivity index (χ3v) is 7.79. The highest BCUT2D eigenvalue weighted by molar-refractivity contribution is 5.81. The number of rotatable bonds is 9. The van der Waals surface area contributed by atoms with Crippen molar-refractivity contribution in [2.45, 2.75) is 65.2 Å². The van der Waals surface area contributed by atoms with Crippen LogP contribution >= 0.6 is 0 Å². The zero-order chi connectivity index (χ0) is 26.5. The summed E-state index contributed by atoms with van der Waals surface area (Å²) < 4.78 is 28.1. The standard InChI is InChI=1S/C32H40F2N2O/c1-5-6-29(27(20(2)3)12-14-36-32(37)22-7-8-22)23-9-10-28(21(4)15-23)31-19-35-13-11-30(31)24-16-25(33)18-26(34)17-24/h5-6,9-10,15-18,20,22,30-31,35H,7-8,11-14,19H2,1-4H3,(H,36,37). The van der Waals surface area contributed by atoms with Gasteiger partial charge in [0.2, 0.25) is 5.91 Å². The maximum Gasteiger partial charge on any atom is 0.223 e. The number of aryl methyl sites for hydroxylation is 1. The summed E-state index contributed by atoms with van der Waals surface area (Å²) in [7, 11) is 0. The number of benzene rings is 2. The van der Waals surface area contributed by atoms with Crippen LogP contribution in [0.15, 0.2) is 54.1 Å². The van der Waals surface area contributed by atoms with Gasteiger partial charge >= 0.3 is 0 Å². The van der Waals surface area contributed by atoms with E-state index in [1.807, 2.05) is 6.92 Å². The Morgan fingerprint density at radius 3 is 2.43 bits per heavy atom. The molecule has 2 unspecified atom stereocenters. The Hall–Kier alpha value is -2.79. The lowest BCUT2D eigenvalue weighted by Crippen LogP contribution is -2.34. The Labute approximate surface area is 220 Å². The second kappa shape index (κ2) is 12.2. The lowest BCUT2D eigenvalue weighted by molar-refractivity contribution is -0.122. The van der Waals surface area contributed by atoms with Crippen LogP contribution in [0.4, 0.5) is 8.78 Å². The van der Waals surface area contributed by atoms with Gasteiger partial charge in [0.25, 0.3) is 0 Å². The molecule has 2 aromatic rings. The first-order chi connectivity index (χ1) is 17.8. The largest absolute Gasteiger partial charge is 0.356 e. The molecule has 2 atom stereocenters. The first-order valence-electron chi connectivity index (χ1n) is 13.7. The second-order valence-electron chi connectivity index (χ2n) is 10.9. The van der Waals surface area contributed by atoms with Crippen LogP contribution in [-0.2, 0) is 4.79 Å². The van der Waals surface area contributed by atoms with E-state index in [-0.39, 0.29) is 23.7 Å². The zero-order valence-electron chi connectivity index (χ0n) is 22.5. The molecule has 2 aromatic carbocycles. The molecule has 0 spiro atoms. The maximum atomic E-state index is 14.0. The number of nitrogens with one attached hydrogen (secondary N) is 2. The molecule has 0 aromatic heterocycles. The minimum absolute atomic E-state index is 0.0582. The van der Waals surface area contributed by atoms with Crippen LogP contribution in [0.2, 0.25) is 0 Å². The Balaban J connectivity index is 1.62. The molecule has 1 aliphatic heterocycles. The van der Waals surface area contributed by atoms with Gasteiger partial charge in [-0.1, -0.05) is 49.8 Å². The molecule has 3 nitrogen and oxygen atoms in total. The predicted molar refractivity (Wildman–Crippen MR) is 147 cm³/mol. The van der Waals surface area contributed by atoms with Crippen molar-refractivity contribution < 1.29 is 13.6 Å². The highest BCUT2D eigenvalue weighted by Gasteiger charge is 2.30. The average Bonchev–Trinajstić information content (AvgIpc) is 3.70. The predicted octanol–water partition coefficient (Wildman–Crippen LogP) is 7.04. The van der Waals surface area contributed by atoms with Gasteiger partial charge in [0, 0.05) is 31.0 Å². The fraction of sp³-hybridized carbons (Fsp3) is 0.469. The second-order valence-corrected chi connectivity index (χ2v) is 10.9. The van der Waals surface area contributed by atoms with Crippen LogP contribution in [0.3, 0.4) is 0 Å².